The summed E-state index contributed by atoms with van der Waals surface area (Å²) in [6.07, 6.45) is 0. The van der Waals surface area contributed by atoms with E-state index in [9.17, 15) is 5.11 Å². The van der Waals surface area contributed by atoms with Crippen molar-refractivity contribution in [1.82, 2.24) is 19.5 Å². The number of phenolic OH excluding ortho intramolecular Hbond substituents is 1. The molecule has 7 aromatic carbocycles. The molecular formula is C45HB25N4O3. The number of hydrogen-bond donors (Lipinski definition) is 1. The minimum Gasteiger partial charge on any atom is -0.508 e. The lowest BCUT2D eigenvalue weighted by molar-refractivity contribution is 0.482. The highest BCUT2D eigenvalue weighted by Crippen LogP contribution is 2.35. The maximum absolute atomic E-state index is 11.7. The molecule has 0 atom stereocenters. The molecule has 0 fully saturated rings. The van der Waals surface area contributed by atoms with Gasteiger partial charge in [-0.15, -0.1) is 49.2 Å². The Morgan fingerprint density at radius 3 is 1.05 bits per heavy atom. The molecular weight excluding hydrogens is 915 g/mol. The molecule has 11 aromatic rings. The number of phenols is 1. The molecule has 4 heterocycles. The number of fused-ring (bicyclic) bond motifs is 9. The van der Waals surface area contributed by atoms with Gasteiger partial charge in [-0.3, -0.25) is 0 Å². The molecule has 0 unspecified atom stereocenters. The third kappa shape index (κ3) is 6.90. The van der Waals surface area contributed by atoms with Crippen LogP contribution in [0.4, 0.5) is 0 Å². The molecule has 0 amide bonds. The second-order valence-electron chi connectivity index (χ2n) is 18.3. The highest BCUT2D eigenvalue weighted by molar-refractivity contribution is 6.74. The van der Waals surface area contributed by atoms with Crippen molar-refractivity contribution < 1.29 is 13.9 Å². The van der Waals surface area contributed by atoms with Crippen LogP contribution in [0.1, 0.15) is 0 Å². The Hall–Kier alpha value is -5.63. The van der Waals surface area contributed by atoms with Crippen molar-refractivity contribution in [3.8, 4) is 45.6 Å². The minimum absolute atomic E-state index is 0.0126. The van der Waals surface area contributed by atoms with E-state index in [1.54, 1.807) is 0 Å². The SMILES string of the molecule is [B]c1c([B])c([B])c(-c2nc(-c3c([B])c([B])c4c(oc5c([B])c([B])c([B])c([B])c54)c3[B])nc(-c3c([B])c([B])c([B])c4oc5c([B])c(-n6c7c([B])c([B])c([B])c([B])c7c7c([B])c([B])c([B])c([B])c76)c([B])c([B])c5c34)n2)c(O)c1[B]. The van der Waals surface area contributed by atoms with Gasteiger partial charge in [0.1, 0.15) is 224 Å². The smallest absolute Gasteiger partial charge is 0.167 e. The highest BCUT2D eigenvalue weighted by atomic mass is 16.3. The normalized spacial score (nSPS) is 11.9. The zero-order valence-corrected chi connectivity index (χ0v) is 40.0. The fourth-order valence-corrected chi connectivity index (χ4v) is 10.2. The lowest BCUT2D eigenvalue weighted by Gasteiger charge is -2.23. The lowest BCUT2D eigenvalue weighted by atomic mass is 9.63. The molecule has 0 bridgehead atoms. The zero-order valence-electron chi connectivity index (χ0n) is 40.0. The van der Waals surface area contributed by atoms with Crippen LogP contribution in [0.3, 0.4) is 0 Å². The molecule has 1 N–H and O–H groups in total. The standard InChI is InChI=1S/C45HB25N4O3/c46-10-2-3-11(47)20(56)25(61)30(66)36(3)74(35(2)29(65)24(60)19(10)55)37-28(64)14(50)4-1-7(15(51)23(59)32(68)39(1)76-42(4)34(37)70)43-71-44(73-45(72-43)9-17(53)22(58)26(62)31(67)38(9)75)8-16(52)12(48)5-6-13(49)21(57)27(63)33(69)41(6)77-40(5)18(8)54/h75H. The Morgan fingerprint density at radius 1 is 0.247 bits per heavy atom. The van der Waals surface area contributed by atoms with Crippen LogP contribution in [0.2, 0.25) is 0 Å². The Kier molecular flexibility index (Phi) is 12.4. The van der Waals surface area contributed by atoms with Crippen molar-refractivity contribution in [3.63, 3.8) is 0 Å². The summed E-state index contributed by atoms with van der Waals surface area (Å²) in [6, 6.07) is 0. The first-order valence-electron chi connectivity index (χ1n) is 22.3. The molecule has 0 aliphatic heterocycles. The molecule has 77 heavy (non-hydrogen) atoms. The maximum Gasteiger partial charge on any atom is 0.167 e. The molecule has 0 spiro atoms. The Labute approximate surface area is 474 Å². The highest BCUT2D eigenvalue weighted by Gasteiger charge is 2.31. The van der Waals surface area contributed by atoms with Crippen LogP contribution in [-0.2, 0) is 0 Å². The van der Waals surface area contributed by atoms with Gasteiger partial charge in [0.05, 0.1) is 5.56 Å². The summed E-state index contributed by atoms with van der Waals surface area (Å²) in [5.74, 6) is -1.87. The summed E-state index contributed by atoms with van der Waals surface area (Å²) >= 11 is 0. The van der Waals surface area contributed by atoms with Gasteiger partial charge in [-0.25, -0.2) is 15.0 Å². The number of rotatable bonds is 4. The van der Waals surface area contributed by atoms with Crippen molar-refractivity contribution in [2.45, 2.75) is 0 Å². The topological polar surface area (TPSA) is 90.1 Å². The molecule has 0 saturated carbocycles. The molecule has 7 nitrogen and oxygen atoms in total. The van der Waals surface area contributed by atoms with Crippen molar-refractivity contribution in [2.24, 2.45) is 0 Å². The van der Waals surface area contributed by atoms with E-state index in [0.717, 1.165) is 0 Å². The van der Waals surface area contributed by atoms with Gasteiger partial charge in [-0.2, -0.15) is 0 Å². The van der Waals surface area contributed by atoms with Gasteiger partial charge in [-0.05, 0) is 21.7 Å². The van der Waals surface area contributed by atoms with Gasteiger partial charge in [0.25, 0.3) is 0 Å². The van der Waals surface area contributed by atoms with Crippen molar-refractivity contribution in [1.29, 1.82) is 0 Å². The van der Waals surface area contributed by atoms with Crippen molar-refractivity contribution >= 4 is 398 Å². The van der Waals surface area contributed by atoms with E-state index >= 15 is 0 Å². The van der Waals surface area contributed by atoms with Crippen LogP contribution in [0, 0.1) is 0 Å². The number of furan rings is 2. The van der Waals surface area contributed by atoms with E-state index in [2.05, 4.69) is 4.98 Å². The van der Waals surface area contributed by atoms with Crippen LogP contribution < -0.4 is 137 Å². The van der Waals surface area contributed by atoms with Crippen LogP contribution in [-0.4, -0.2) is 221 Å². The van der Waals surface area contributed by atoms with E-state index in [4.69, 9.17) is 215 Å². The van der Waals surface area contributed by atoms with Gasteiger partial charge in [-0.1, -0.05) is 76.5 Å². The molecule has 0 saturated heterocycles. The lowest BCUT2D eigenvalue weighted by Crippen LogP contribution is -2.49. The second kappa shape index (κ2) is 17.9. The Balaban J connectivity index is 1.29. The molecule has 0 aliphatic carbocycles. The average molecular weight is 916 g/mol. The molecule has 11 rings (SSSR count). The third-order valence-corrected chi connectivity index (χ3v) is 14.3. The summed E-state index contributed by atoms with van der Waals surface area (Å²) in [4.78, 5) is 14.3. The van der Waals surface area contributed by atoms with E-state index in [1.165, 1.54) is 4.57 Å². The summed E-state index contributed by atoms with van der Waals surface area (Å²) in [6.45, 7) is 0. The van der Waals surface area contributed by atoms with Gasteiger partial charge in [0, 0.05) is 49.4 Å². The van der Waals surface area contributed by atoms with Crippen molar-refractivity contribution in [3.05, 3.63) is 0 Å². The zero-order chi connectivity index (χ0) is 56.1. The number of nitrogens with zero attached hydrogens (tertiary/aromatic N) is 4. The number of hydrogen-bond acceptors (Lipinski definition) is 6. The maximum atomic E-state index is 11.7. The number of aromatic hydroxyl groups is 1. The molecule has 32 heteroatoms. The fourth-order valence-electron chi connectivity index (χ4n) is 10.2. The minimum atomic E-state index is -0.698. The predicted octanol–water partition coefficient (Wildman–Crippen LogP) is -18.7. The first kappa shape index (κ1) is 53.4. The first-order chi connectivity index (χ1) is 36.1. The van der Waals surface area contributed by atoms with Crippen LogP contribution >= 0.6 is 0 Å². The van der Waals surface area contributed by atoms with E-state index in [0.29, 0.717) is 0 Å². The van der Waals surface area contributed by atoms with Crippen LogP contribution in [0.15, 0.2) is 8.83 Å². The Bertz CT molecular complexity index is 4560. The van der Waals surface area contributed by atoms with Crippen molar-refractivity contribution in [2.75, 3.05) is 0 Å². The van der Waals surface area contributed by atoms with Crippen LogP contribution in [0.5, 0.6) is 5.75 Å². The van der Waals surface area contributed by atoms with E-state index in [-0.39, 0.29) is 236 Å². The molecule has 0 aliphatic rings. The summed E-state index contributed by atoms with van der Waals surface area (Å²) < 4.78 is 14.2. The monoisotopic (exact) mass is 920 g/mol. The largest absolute Gasteiger partial charge is 0.508 e. The van der Waals surface area contributed by atoms with Gasteiger partial charge in [0.15, 0.2) is 17.5 Å². The molecule has 294 valence electrons. The second-order valence-corrected chi connectivity index (χ2v) is 18.3. The summed E-state index contributed by atoms with van der Waals surface area (Å²) in [7, 11) is 165. The first-order valence-corrected chi connectivity index (χ1v) is 22.3. The van der Waals surface area contributed by atoms with Gasteiger partial charge < -0.3 is 18.5 Å². The van der Waals surface area contributed by atoms with E-state index in [1.807, 2.05) is 0 Å². The number of aromatic nitrogens is 4. The van der Waals surface area contributed by atoms with Gasteiger partial charge in [0.2, 0.25) is 0 Å². The number of benzene rings is 7. The van der Waals surface area contributed by atoms with E-state index < -0.39 is 11.6 Å². The van der Waals surface area contributed by atoms with Gasteiger partial charge >= 0.3 is 0 Å². The average Bonchev–Trinajstić information content (AvgIpc) is 4.33. The Morgan fingerprint density at radius 2 is 0.545 bits per heavy atom. The summed E-state index contributed by atoms with van der Waals surface area (Å²) in [5, 5.41) is 12.2. The quantitative estimate of drug-likeness (QED) is 0.177. The molecule has 4 aromatic heterocycles. The summed E-state index contributed by atoms with van der Waals surface area (Å²) in [5.41, 5.74) is -5.16. The molecule has 50 radical (unpaired) electrons. The fraction of sp³-hybridized carbons (Fsp3) is 0. The van der Waals surface area contributed by atoms with Crippen LogP contribution in [0.25, 0.3) is 106 Å². The predicted molar refractivity (Wildman–Crippen MR) is 341 cm³/mol. The third-order valence-electron chi connectivity index (χ3n) is 14.3.